The third-order valence-electron chi connectivity index (χ3n) is 4.22. The maximum Gasteiger partial charge on any atom is 0.317 e. The molecule has 0 bridgehead atoms. The molecule has 1 aromatic rings. The molecule has 1 aliphatic rings. The zero-order chi connectivity index (χ0) is 16.8. The van der Waals surface area contributed by atoms with Crippen LogP contribution in [0, 0.1) is 11.8 Å². The van der Waals surface area contributed by atoms with Crippen LogP contribution in [0.25, 0.3) is 0 Å². The van der Waals surface area contributed by atoms with Gasteiger partial charge in [-0.25, -0.2) is 4.79 Å². The number of hydrogen-bond acceptors (Lipinski definition) is 3. The first-order valence-corrected chi connectivity index (χ1v) is 7.99. The van der Waals surface area contributed by atoms with Gasteiger partial charge in [0.05, 0.1) is 5.92 Å². The predicted octanol–water partition coefficient (Wildman–Crippen LogP) is 1.87. The summed E-state index contributed by atoms with van der Waals surface area (Å²) in [5.74, 6) is -1.07. The summed E-state index contributed by atoms with van der Waals surface area (Å²) in [4.78, 5) is 27.1. The van der Waals surface area contributed by atoms with Gasteiger partial charge < -0.3 is 20.2 Å². The molecule has 6 nitrogen and oxygen atoms in total. The summed E-state index contributed by atoms with van der Waals surface area (Å²) < 4.78 is 0. The van der Waals surface area contributed by atoms with Gasteiger partial charge in [0, 0.05) is 38.9 Å². The second-order valence-corrected chi connectivity index (χ2v) is 6.27. The number of hydrogen-bond donors (Lipinski definition) is 2. The summed E-state index contributed by atoms with van der Waals surface area (Å²) in [5.41, 5.74) is 1.10. The fourth-order valence-corrected chi connectivity index (χ4v) is 2.95. The lowest BCUT2D eigenvalue weighted by molar-refractivity contribution is -0.143. The maximum atomic E-state index is 12.2. The zero-order valence-electron chi connectivity index (χ0n) is 13.7. The Morgan fingerprint density at radius 3 is 2.65 bits per heavy atom. The lowest BCUT2D eigenvalue weighted by atomic mass is 9.91. The second kappa shape index (κ2) is 7.85. The Balaban J connectivity index is 1.79. The number of aliphatic carboxylic acids is 1. The molecule has 2 N–H and O–H groups in total. The van der Waals surface area contributed by atoms with Gasteiger partial charge in [-0.2, -0.15) is 0 Å². The minimum absolute atomic E-state index is 0.177. The van der Waals surface area contributed by atoms with Gasteiger partial charge in [0.25, 0.3) is 0 Å². The van der Waals surface area contributed by atoms with Crippen LogP contribution in [0.5, 0.6) is 0 Å². The molecule has 126 valence electrons. The molecule has 2 atom stereocenters. The number of urea groups is 1. The molecular formula is C17H25N3O3. The third-order valence-corrected chi connectivity index (χ3v) is 4.22. The average Bonchev–Trinajstić information content (AvgIpc) is 2.54. The number of likely N-dealkylation sites (N-methyl/N-ethyl adjacent to an activating group) is 1. The quantitative estimate of drug-likeness (QED) is 0.869. The molecule has 0 saturated carbocycles. The molecule has 23 heavy (non-hydrogen) atoms. The molecule has 2 amide bonds. The highest BCUT2D eigenvalue weighted by atomic mass is 16.4. The number of carbonyl (C=O) groups excluding carboxylic acids is 1. The minimum atomic E-state index is -0.821. The van der Waals surface area contributed by atoms with E-state index in [1.165, 1.54) is 0 Å². The fourth-order valence-electron chi connectivity index (χ4n) is 2.95. The molecule has 1 heterocycles. The van der Waals surface area contributed by atoms with Crippen molar-refractivity contribution in [2.45, 2.75) is 13.3 Å². The number of benzene rings is 1. The summed E-state index contributed by atoms with van der Waals surface area (Å²) in [6.45, 7) is 4.11. The molecule has 0 aromatic heterocycles. The molecule has 1 aliphatic heterocycles. The summed E-state index contributed by atoms with van der Waals surface area (Å²) >= 11 is 0. The molecule has 1 fully saturated rings. The zero-order valence-corrected chi connectivity index (χ0v) is 13.7. The van der Waals surface area contributed by atoms with Crippen molar-refractivity contribution in [3.63, 3.8) is 0 Å². The average molecular weight is 319 g/mol. The molecule has 2 unspecified atom stereocenters. The number of nitrogens with one attached hydrogen (secondary N) is 1. The molecule has 1 saturated heterocycles. The summed E-state index contributed by atoms with van der Waals surface area (Å²) in [5, 5.41) is 12.1. The lowest BCUT2D eigenvalue weighted by Gasteiger charge is -2.34. The number of nitrogens with zero attached hydrogens (tertiary/aromatic N) is 2. The Morgan fingerprint density at radius 2 is 2.00 bits per heavy atom. The van der Waals surface area contributed by atoms with Gasteiger partial charge in [0.2, 0.25) is 0 Å². The Hall–Kier alpha value is -2.24. The van der Waals surface area contributed by atoms with Gasteiger partial charge >= 0.3 is 12.0 Å². The van der Waals surface area contributed by atoms with Crippen LogP contribution in [0.15, 0.2) is 30.3 Å². The van der Waals surface area contributed by atoms with Crippen LogP contribution in [-0.4, -0.2) is 55.2 Å². The van der Waals surface area contributed by atoms with E-state index in [1.54, 1.807) is 4.90 Å². The van der Waals surface area contributed by atoms with Crippen LogP contribution in [0.3, 0.4) is 0 Å². The van der Waals surface area contributed by atoms with Gasteiger partial charge in [0.15, 0.2) is 0 Å². The maximum absolute atomic E-state index is 12.2. The van der Waals surface area contributed by atoms with Crippen molar-refractivity contribution in [2.75, 3.05) is 38.1 Å². The molecule has 6 heteroatoms. The third kappa shape index (κ3) is 4.87. The van der Waals surface area contributed by atoms with Gasteiger partial charge in [-0.1, -0.05) is 25.1 Å². The lowest BCUT2D eigenvalue weighted by Crippen LogP contribution is -2.50. The molecule has 2 rings (SSSR count). The SMILES string of the molecule is CC1CC(C(=O)O)CN(C(=O)NCCN(C)c2ccccc2)C1. The van der Waals surface area contributed by atoms with Crippen LogP contribution in [0.1, 0.15) is 13.3 Å². The first-order valence-electron chi connectivity index (χ1n) is 7.99. The Kier molecular flexibility index (Phi) is 5.84. The smallest absolute Gasteiger partial charge is 0.317 e. The number of para-hydroxylation sites is 1. The number of carboxylic acids is 1. The normalized spacial score (nSPS) is 20.9. The number of carbonyl (C=O) groups is 2. The van der Waals surface area contributed by atoms with E-state index >= 15 is 0 Å². The number of likely N-dealkylation sites (tertiary alicyclic amines) is 1. The molecule has 1 aromatic carbocycles. The highest BCUT2D eigenvalue weighted by molar-refractivity contribution is 5.76. The highest BCUT2D eigenvalue weighted by Gasteiger charge is 2.31. The van der Waals surface area contributed by atoms with Crippen molar-refractivity contribution in [3.05, 3.63) is 30.3 Å². The summed E-state index contributed by atoms with van der Waals surface area (Å²) in [6.07, 6.45) is 0.635. The van der Waals surface area contributed by atoms with Gasteiger partial charge in [-0.15, -0.1) is 0 Å². The minimum Gasteiger partial charge on any atom is -0.481 e. The van der Waals surface area contributed by atoms with Crippen molar-refractivity contribution >= 4 is 17.7 Å². The largest absolute Gasteiger partial charge is 0.481 e. The highest BCUT2D eigenvalue weighted by Crippen LogP contribution is 2.21. The van der Waals surface area contributed by atoms with Crippen molar-refractivity contribution in [3.8, 4) is 0 Å². The van der Waals surface area contributed by atoms with Crippen molar-refractivity contribution in [1.82, 2.24) is 10.2 Å². The summed E-state index contributed by atoms with van der Waals surface area (Å²) in [7, 11) is 1.98. The van der Waals surface area contributed by atoms with Crippen LogP contribution in [0.2, 0.25) is 0 Å². The number of anilines is 1. The number of rotatable bonds is 5. The number of piperidine rings is 1. The van der Waals surface area contributed by atoms with Crippen LogP contribution in [-0.2, 0) is 4.79 Å². The Morgan fingerprint density at radius 1 is 1.30 bits per heavy atom. The topological polar surface area (TPSA) is 72.9 Å². The summed E-state index contributed by atoms with van der Waals surface area (Å²) in [6, 6.07) is 9.79. The second-order valence-electron chi connectivity index (χ2n) is 6.27. The van der Waals surface area contributed by atoms with E-state index in [1.807, 2.05) is 44.3 Å². The van der Waals surface area contributed by atoms with Crippen LogP contribution >= 0.6 is 0 Å². The fraction of sp³-hybridized carbons (Fsp3) is 0.529. The molecule has 0 spiro atoms. The predicted molar refractivity (Wildman–Crippen MR) is 89.6 cm³/mol. The molecule has 0 aliphatic carbocycles. The van der Waals surface area contributed by atoms with Crippen molar-refractivity contribution in [1.29, 1.82) is 0 Å². The van der Waals surface area contributed by atoms with Crippen LogP contribution < -0.4 is 10.2 Å². The van der Waals surface area contributed by atoms with Crippen molar-refractivity contribution < 1.29 is 14.7 Å². The van der Waals surface area contributed by atoms with E-state index < -0.39 is 11.9 Å². The van der Waals surface area contributed by atoms with E-state index in [2.05, 4.69) is 10.2 Å². The van der Waals surface area contributed by atoms with E-state index in [4.69, 9.17) is 5.11 Å². The van der Waals surface area contributed by atoms with Gasteiger partial charge in [-0.05, 0) is 24.5 Å². The monoisotopic (exact) mass is 319 g/mol. The Labute approximate surface area is 137 Å². The van der Waals surface area contributed by atoms with E-state index in [9.17, 15) is 9.59 Å². The molecular weight excluding hydrogens is 294 g/mol. The number of amides is 2. The first kappa shape index (κ1) is 17.1. The van der Waals surface area contributed by atoms with Gasteiger partial charge in [-0.3, -0.25) is 4.79 Å². The van der Waals surface area contributed by atoms with Crippen molar-refractivity contribution in [2.24, 2.45) is 11.8 Å². The molecule has 0 radical (unpaired) electrons. The van der Waals surface area contributed by atoms with E-state index in [0.29, 0.717) is 32.6 Å². The number of carboxylic acid groups (broad SMARTS) is 1. The van der Waals surface area contributed by atoms with Crippen LogP contribution in [0.4, 0.5) is 10.5 Å². The van der Waals surface area contributed by atoms with Gasteiger partial charge in [0.1, 0.15) is 0 Å². The standard InChI is InChI=1S/C17H25N3O3/c1-13-10-14(16(21)22)12-20(11-13)17(23)18-8-9-19(2)15-6-4-3-5-7-15/h3-7,13-14H,8-12H2,1-2H3,(H,18,23)(H,21,22). The van der Waals surface area contributed by atoms with E-state index in [-0.39, 0.29) is 11.9 Å². The van der Waals surface area contributed by atoms with E-state index in [0.717, 1.165) is 5.69 Å². The first-order chi connectivity index (χ1) is 11.0. The Bertz CT molecular complexity index is 535.